The van der Waals surface area contributed by atoms with Gasteiger partial charge in [0.1, 0.15) is 11.6 Å². The van der Waals surface area contributed by atoms with E-state index in [1.807, 2.05) is 36.9 Å². The maximum Gasteiger partial charge on any atom is 0.320 e. The second-order valence-corrected chi connectivity index (χ2v) is 6.95. The number of hydrogen-bond donors (Lipinski definition) is 1. The molecule has 2 amide bonds. The van der Waals surface area contributed by atoms with Gasteiger partial charge in [-0.15, -0.1) is 0 Å². The van der Waals surface area contributed by atoms with Crippen molar-refractivity contribution < 1.29 is 13.9 Å². The van der Waals surface area contributed by atoms with Crippen LogP contribution in [-0.4, -0.2) is 43.8 Å². The Morgan fingerprint density at radius 1 is 1.15 bits per heavy atom. The van der Waals surface area contributed by atoms with Gasteiger partial charge in [0.25, 0.3) is 0 Å². The molecule has 5 nitrogen and oxygen atoms in total. The van der Waals surface area contributed by atoms with Gasteiger partial charge in [0.05, 0.1) is 5.69 Å². The van der Waals surface area contributed by atoms with Gasteiger partial charge in [0, 0.05) is 31.2 Å². The summed E-state index contributed by atoms with van der Waals surface area (Å²) in [6.45, 7) is 6.13. The van der Waals surface area contributed by atoms with Crippen molar-refractivity contribution in [3.8, 4) is 5.75 Å². The summed E-state index contributed by atoms with van der Waals surface area (Å²) in [5.74, 6) is 0.427. The summed E-state index contributed by atoms with van der Waals surface area (Å²) in [5, 5.41) is 3.48. The lowest BCUT2D eigenvalue weighted by atomic mass is 10.1. The molecule has 1 aliphatic heterocycles. The molecule has 1 aliphatic rings. The van der Waals surface area contributed by atoms with E-state index in [4.69, 9.17) is 16.3 Å². The first kappa shape index (κ1) is 19.3. The molecule has 0 radical (unpaired) electrons. The number of para-hydroxylation sites is 1. The van der Waals surface area contributed by atoms with Crippen molar-refractivity contribution in [1.29, 1.82) is 0 Å². The SMILES string of the molecule is Cc1cc(OCNC(=O)N2CCN(c3ccccc3F)CC2)cc(C)c1Cl. The van der Waals surface area contributed by atoms with E-state index in [1.165, 1.54) is 6.07 Å². The molecule has 0 saturated carbocycles. The molecule has 2 aromatic carbocycles. The average molecular weight is 392 g/mol. The highest BCUT2D eigenvalue weighted by Gasteiger charge is 2.22. The molecule has 0 spiro atoms. The second-order valence-electron chi connectivity index (χ2n) is 6.57. The fourth-order valence-corrected chi connectivity index (χ4v) is 3.25. The van der Waals surface area contributed by atoms with E-state index in [2.05, 4.69) is 5.32 Å². The first-order valence-electron chi connectivity index (χ1n) is 8.87. The van der Waals surface area contributed by atoms with Crippen LogP contribution in [0.25, 0.3) is 0 Å². The number of rotatable bonds is 4. The minimum atomic E-state index is -0.239. The first-order valence-corrected chi connectivity index (χ1v) is 9.25. The molecule has 0 unspecified atom stereocenters. The highest BCUT2D eigenvalue weighted by atomic mass is 35.5. The molecule has 7 heteroatoms. The van der Waals surface area contributed by atoms with Crippen LogP contribution in [0, 0.1) is 19.7 Å². The molecule has 1 N–H and O–H groups in total. The Bertz CT molecular complexity index is 800. The van der Waals surface area contributed by atoms with Crippen molar-refractivity contribution in [1.82, 2.24) is 10.2 Å². The van der Waals surface area contributed by atoms with Gasteiger partial charge in [0.15, 0.2) is 6.73 Å². The van der Waals surface area contributed by atoms with E-state index in [-0.39, 0.29) is 18.6 Å². The standard InChI is InChI=1S/C20H23ClFN3O2/c1-14-11-16(12-15(2)19(14)21)27-13-23-20(26)25-9-7-24(8-10-25)18-6-4-3-5-17(18)22/h3-6,11-12H,7-10,13H2,1-2H3,(H,23,26). The largest absolute Gasteiger partial charge is 0.473 e. The molecule has 1 saturated heterocycles. The van der Waals surface area contributed by atoms with Crippen molar-refractivity contribution in [2.24, 2.45) is 0 Å². The van der Waals surface area contributed by atoms with Crippen LogP contribution in [0.15, 0.2) is 36.4 Å². The molecule has 27 heavy (non-hydrogen) atoms. The van der Waals surface area contributed by atoms with Crippen molar-refractivity contribution in [2.75, 3.05) is 37.8 Å². The van der Waals surface area contributed by atoms with E-state index in [1.54, 1.807) is 17.0 Å². The lowest BCUT2D eigenvalue weighted by Crippen LogP contribution is -2.52. The number of urea groups is 1. The lowest BCUT2D eigenvalue weighted by Gasteiger charge is -2.36. The molecular weight excluding hydrogens is 369 g/mol. The van der Waals surface area contributed by atoms with Crippen LogP contribution in [0.2, 0.25) is 5.02 Å². The second kappa shape index (κ2) is 8.48. The van der Waals surface area contributed by atoms with Crippen LogP contribution >= 0.6 is 11.6 Å². The van der Waals surface area contributed by atoms with Gasteiger partial charge >= 0.3 is 6.03 Å². The average Bonchev–Trinajstić information content (AvgIpc) is 2.66. The Morgan fingerprint density at radius 3 is 2.41 bits per heavy atom. The van der Waals surface area contributed by atoms with E-state index in [9.17, 15) is 9.18 Å². The predicted molar refractivity (Wildman–Crippen MR) is 105 cm³/mol. The van der Waals surface area contributed by atoms with Gasteiger partial charge in [-0.1, -0.05) is 23.7 Å². The maximum atomic E-state index is 13.9. The number of carbonyl (C=O) groups is 1. The van der Waals surface area contributed by atoms with E-state index in [0.29, 0.717) is 37.6 Å². The number of aryl methyl sites for hydroxylation is 2. The third-order valence-electron chi connectivity index (χ3n) is 4.63. The highest BCUT2D eigenvalue weighted by molar-refractivity contribution is 6.32. The summed E-state index contributed by atoms with van der Waals surface area (Å²) < 4.78 is 19.5. The Balaban J connectivity index is 1.47. The zero-order chi connectivity index (χ0) is 19.4. The summed E-state index contributed by atoms with van der Waals surface area (Å²) in [6, 6.07) is 10.2. The molecule has 0 atom stereocenters. The third-order valence-corrected chi connectivity index (χ3v) is 5.23. The number of ether oxygens (including phenoxy) is 1. The van der Waals surface area contributed by atoms with Crippen LogP contribution in [-0.2, 0) is 0 Å². The zero-order valence-corrected chi connectivity index (χ0v) is 16.2. The molecule has 0 aliphatic carbocycles. The van der Waals surface area contributed by atoms with Crippen molar-refractivity contribution >= 4 is 23.3 Å². The van der Waals surface area contributed by atoms with Gasteiger partial charge in [0.2, 0.25) is 0 Å². The third kappa shape index (κ3) is 4.63. The van der Waals surface area contributed by atoms with Crippen LogP contribution in [0.3, 0.4) is 0 Å². The molecule has 1 fully saturated rings. The molecule has 1 heterocycles. The van der Waals surface area contributed by atoms with Crippen molar-refractivity contribution in [3.05, 3.63) is 58.4 Å². The maximum absolute atomic E-state index is 13.9. The van der Waals surface area contributed by atoms with Gasteiger partial charge in [-0.3, -0.25) is 0 Å². The summed E-state index contributed by atoms with van der Waals surface area (Å²) in [7, 11) is 0. The Morgan fingerprint density at radius 2 is 1.78 bits per heavy atom. The van der Waals surface area contributed by atoms with Gasteiger partial charge in [-0.25, -0.2) is 9.18 Å². The van der Waals surface area contributed by atoms with Gasteiger partial charge in [-0.05, 0) is 49.2 Å². The van der Waals surface area contributed by atoms with Gasteiger partial charge in [-0.2, -0.15) is 0 Å². The van der Waals surface area contributed by atoms with Crippen LogP contribution < -0.4 is 15.0 Å². The Labute approximate surface area is 163 Å². The number of benzene rings is 2. The lowest BCUT2D eigenvalue weighted by molar-refractivity contribution is 0.181. The molecule has 2 aromatic rings. The Kier molecular flexibility index (Phi) is 6.06. The van der Waals surface area contributed by atoms with Crippen LogP contribution in [0.1, 0.15) is 11.1 Å². The minimum absolute atomic E-state index is 0.0763. The fraction of sp³-hybridized carbons (Fsp3) is 0.350. The highest BCUT2D eigenvalue weighted by Crippen LogP contribution is 2.25. The summed E-state index contributed by atoms with van der Waals surface area (Å²) in [6.07, 6.45) is 0. The molecular formula is C20H23ClFN3O2. The first-order chi connectivity index (χ1) is 13.0. The monoisotopic (exact) mass is 391 g/mol. The molecule has 3 rings (SSSR count). The van der Waals surface area contributed by atoms with Crippen molar-refractivity contribution in [2.45, 2.75) is 13.8 Å². The number of nitrogens with zero attached hydrogens (tertiary/aromatic N) is 2. The fourth-order valence-electron chi connectivity index (χ4n) is 3.14. The quantitative estimate of drug-likeness (QED) is 0.802. The van der Waals surface area contributed by atoms with E-state index >= 15 is 0 Å². The number of piperazine rings is 1. The summed E-state index contributed by atoms with van der Waals surface area (Å²) >= 11 is 6.14. The molecule has 0 bridgehead atoms. The van der Waals surface area contributed by atoms with E-state index in [0.717, 1.165) is 16.1 Å². The number of hydrogen-bond acceptors (Lipinski definition) is 3. The predicted octanol–water partition coefficient (Wildman–Crippen LogP) is 3.96. The topological polar surface area (TPSA) is 44.8 Å². The summed E-state index contributed by atoms with van der Waals surface area (Å²) in [4.78, 5) is 16.0. The van der Waals surface area contributed by atoms with Crippen LogP contribution in [0.4, 0.5) is 14.9 Å². The number of anilines is 1. The molecule has 0 aromatic heterocycles. The number of carbonyl (C=O) groups excluding carboxylic acids is 1. The zero-order valence-electron chi connectivity index (χ0n) is 15.5. The van der Waals surface area contributed by atoms with Gasteiger partial charge < -0.3 is 19.9 Å². The number of halogens is 2. The normalized spacial score (nSPS) is 14.2. The minimum Gasteiger partial charge on any atom is -0.473 e. The van der Waals surface area contributed by atoms with Crippen LogP contribution in [0.5, 0.6) is 5.75 Å². The summed E-state index contributed by atoms with van der Waals surface area (Å²) in [5.41, 5.74) is 2.44. The van der Waals surface area contributed by atoms with Crippen molar-refractivity contribution in [3.63, 3.8) is 0 Å². The Hall–Kier alpha value is -2.47. The number of nitrogens with one attached hydrogen (secondary N) is 1. The van der Waals surface area contributed by atoms with E-state index < -0.39 is 0 Å². The number of amides is 2. The smallest absolute Gasteiger partial charge is 0.320 e. The molecule has 144 valence electrons.